The molecule has 0 spiro atoms. The van der Waals surface area contributed by atoms with Crippen LogP contribution in [0.5, 0.6) is 0 Å². The first kappa shape index (κ1) is 26.1. The molecule has 0 aromatic carbocycles. The number of rotatable bonds is 6. The topological polar surface area (TPSA) is 228 Å². The van der Waals surface area contributed by atoms with Gasteiger partial charge < -0.3 is 69.6 Å². The van der Waals surface area contributed by atoms with Crippen molar-refractivity contribution in [2.75, 3.05) is 13.2 Å². The third-order valence-corrected chi connectivity index (χ3v) is 5.94. The predicted octanol–water partition coefficient (Wildman–Crippen LogP) is -5.52. The lowest BCUT2D eigenvalue weighted by Crippen LogP contribution is -2.66. The second kappa shape index (κ2) is 10.8. The van der Waals surface area contributed by atoms with Crippen molar-refractivity contribution in [2.45, 2.75) is 99.4 Å². The second-order valence-corrected chi connectivity index (χ2v) is 8.22. The van der Waals surface area contributed by atoms with Gasteiger partial charge in [0.2, 0.25) is 0 Å². The van der Waals surface area contributed by atoms with Crippen molar-refractivity contribution in [3.63, 3.8) is 0 Å². The third kappa shape index (κ3) is 5.24. The maximum atomic E-state index is 10.6. The Hall–Kier alpha value is -0.560. The summed E-state index contributed by atoms with van der Waals surface area (Å²) in [6, 6.07) is 0. The van der Waals surface area contributed by atoms with Gasteiger partial charge in [-0.1, -0.05) is 0 Å². The summed E-state index contributed by atoms with van der Waals surface area (Å²) < 4.78 is 27.0. The number of aliphatic hydroxyl groups is 9. The monoisotopic (exact) mass is 472 g/mol. The molecule has 32 heavy (non-hydrogen) atoms. The van der Waals surface area contributed by atoms with Crippen LogP contribution in [0.3, 0.4) is 0 Å². The standard InChI is InChI=1S/C18H32O14/c1-5-6(21)2-7(22)17(28-5)32-15-14(11(24)9(4-20)29-16(15)27)31-18-13(26)12(25)10(23)8(3-19)30-18/h5-27H,2-4H2,1H3/t5-,6-,7-,8+,9+,10-,11-,12-,13+,14-,15+,16+,17-,18+/m0/s1. The molecule has 3 heterocycles. The second-order valence-electron chi connectivity index (χ2n) is 8.22. The molecule has 3 rings (SSSR count). The maximum absolute atomic E-state index is 10.6. The van der Waals surface area contributed by atoms with Gasteiger partial charge in [-0.2, -0.15) is 0 Å². The van der Waals surface area contributed by atoms with E-state index in [4.69, 9.17) is 23.7 Å². The molecule has 3 saturated heterocycles. The average molecular weight is 472 g/mol. The van der Waals surface area contributed by atoms with Crippen LogP contribution in [0.25, 0.3) is 0 Å². The maximum Gasteiger partial charge on any atom is 0.187 e. The first-order chi connectivity index (χ1) is 15.1. The van der Waals surface area contributed by atoms with E-state index in [-0.39, 0.29) is 6.42 Å². The van der Waals surface area contributed by atoms with Gasteiger partial charge in [-0.3, -0.25) is 0 Å². The van der Waals surface area contributed by atoms with Gasteiger partial charge in [-0.25, -0.2) is 0 Å². The van der Waals surface area contributed by atoms with E-state index in [1.807, 2.05) is 0 Å². The van der Waals surface area contributed by atoms with Crippen molar-refractivity contribution in [1.29, 1.82) is 0 Å². The summed E-state index contributed by atoms with van der Waals surface area (Å²) in [6.07, 6.45) is -20.4. The molecule has 188 valence electrons. The van der Waals surface area contributed by atoms with E-state index in [0.29, 0.717) is 0 Å². The van der Waals surface area contributed by atoms with Crippen LogP contribution in [0.4, 0.5) is 0 Å². The minimum absolute atomic E-state index is 0.0877. The zero-order valence-electron chi connectivity index (χ0n) is 17.3. The molecule has 14 atom stereocenters. The Labute approximate surface area is 183 Å². The lowest BCUT2D eigenvalue weighted by Gasteiger charge is -2.47. The summed E-state index contributed by atoms with van der Waals surface area (Å²) in [6.45, 7) is 0.107. The van der Waals surface area contributed by atoms with E-state index in [9.17, 15) is 46.0 Å². The highest BCUT2D eigenvalue weighted by Gasteiger charge is 2.52. The SMILES string of the molecule is C[C@@H]1O[C@@H](O[C@@H]2[C@@H](O[C@H]3O[C@H](CO)[C@H](O)[C@H](O)[C@H]3O)[C@@H](O)[C@@H](CO)O[C@H]2O)[C@@H](O)C[C@@H]1O. The molecular weight excluding hydrogens is 440 g/mol. The first-order valence-electron chi connectivity index (χ1n) is 10.3. The molecule has 0 aromatic rings. The van der Waals surface area contributed by atoms with Crippen molar-refractivity contribution in [3.8, 4) is 0 Å². The highest BCUT2D eigenvalue weighted by Crippen LogP contribution is 2.32. The van der Waals surface area contributed by atoms with Crippen LogP contribution in [0.15, 0.2) is 0 Å². The fourth-order valence-electron chi connectivity index (χ4n) is 3.91. The van der Waals surface area contributed by atoms with E-state index in [1.54, 1.807) is 6.92 Å². The van der Waals surface area contributed by atoms with E-state index < -0.39 is 99.2 Å². The Morgan fingerprint density at radius 2 is 1.25 bits per heavy atom. The zero-order chi connectivity index (χ0) is 23.7. The largest absolute Gasteiger partial charge is 0.394 e. The molecule has 0 amide bonds. The van der Waals surface area contributed by atoms with Crippen LogP contribution in [0, 0.1) is 0 Å². The fraction of sp³-hybridized carbons (Fsp3) is 1.00. The molecule has 3 fully saturated rings. The Balaban J connectivity index is 1.80. The summed E-state index contributed by atoms with van der Waals surface area (Å²) >= 11 is 0. The van der Waals surface area contributed by atoms with Crippen molar-refractivity contribution in [1.82, 2.24) is 0 Å². The zero-order valence-corrected chi connectivity index (χ0v) is 17.3. The van der Waals surface area contributed by atoms with E-state index >= 15 is 0 Å². The Morgan fingerprint density at radius 1 is 0.656 bits per heavy atom. The van der Waals surface area contributed by atoms with Crippen molar-refractivity contribution >= 4 is 0 Å². The van der Waals surface area contributed by atoms with Crippen molar-refractivity contribution in [2.24, 2.45) is 0 Å². The molecule has 3 aliphatic rings. The fourth-order valence-corrected chi connectivity index (χ4v) is 3.91. The van der Waals surface area contributed by atoms with Crippen LogP contribution in [-0.4, -0.2) is 145 Å². The quantitative estimate of drug-likeness (QED) is 0.176. The highest BCUT2D eigenvalue weighted by molar-refractivity contribution is 4.95. The van der Waals surface area contributed by atoms with Gasteiger partial charge in [0.05, 0.1) is 25.4 Å². The van der Waals surface area contributed by atoms with E-state index in [0.717, 1.165) is 0 Å². The molecule has 0 unspecified atom stereocenters. The summed E-state index contributed by atoms with van der Waals surface area (Å²) in [5.41, 5.74) is 0. The summed E-state index contributed by atoms with van der Waals surface area (Å²) in [5, 5.41) is 90.0. The van der Waals surface area contributed by atoms with E-state index in [2.05, 4.69) is 0 Å². The number of aliphatic hydroxyl groups excluding tert-OH is 9. The van der Waals surface area contributed by atoms with Gasteiger partial charge in [0.1, 0.15) is 54.9 Å². The number of hydrogen-bond acceptors (Lipinski definition) is 14. The molecule has 0 aromatic heterocycles. The summed E-state index contributed by atoms with van der Waals surface area (Å²) in [5.74, 6) is 0. The van der Waals surface area contributed by atoms with Gasteiger partial charge in [0, 0.05) is 6.42 Å². The van der Waals surface area contributed by atoms with Crippen molar-refractivity contribution < 1.29 is 69.6 Å². The van der Waals surface area contributed by atoms with E-state index in [1.165, 1.54) is 0 Å². The first-order valence-corrected chi connectivity index (χ1v) is 10.3. The summed E-state index contributed by atoms with van der Waals surface area (Å²) in [7, 11) is 0. The van der Waals surface area contributed by atoms with Gasteiger partial charge >= 0.3 is 0 Å². The van der Waals surface area contributed by atoms with Gasteiger partial charge in [-0.05, 0) is 6.92 Å². The molecule has 3 aliphatic heterocycles. The van der Waals surface area contributed by atoms with Crippen LogP contribution < -0.4 is 0 Å². The van der Waals surface area contributed by atoms with Crippen molar-refractivity contribution in [3.05, 3.63) is 0 Å². The Morgan fingerprint density at radius 3 is 1.88 bits per heavy atom. The highest BCUT2D eigenvalue weighted by atomic mass is 16.8. The third-order valence-electron chi connectivity index (χ3n) is 5.94. The smallest absolute Gasteiger partial charge is 0.187 e. The molecule has 9 N–H and O–H groups in total. The molecule has 0 bridgehead atoms. The lowest BCUT2D eigenvalue weighted by atomic mass is 9.96. The van der Waals surface area contributed by atoms with Crippen LogP contribution in [0.2, 0.25) is 0 Å². The molecular formula is C18H32O14. The Bertz CT molecular complexity index is 594. The molecule has 0 radical (unpaired) electrons. The van der Waals surface area contributed by atoms with Gasteiger partial charge in [0.25, 0.3) is 0 Å². The molecule has 0 aliphatic carbocycles. The normalized spacial score (nSPS) is 52.7. The minimum atomic E-state index is -1.81. The van der Waals surface area contributed by atoms with Crippen LogP contribution >= 0.6 is 0 Å². The number of ether oxygens (including phenoxy) is 5. The lowest BCUT2D eigenvalue weighted by molar-refractivity contribution is -0.381. The van der Waals surface area contributed by atoms with Gasteiger partial charge in [-0.15, -0.1) is 0 Å². The van der Waals surface area contributed by atoms with Crippen LogP contribution in [-0.2, 0) is 23.7 Å². The molecule has 14 nitrogen and oxygen atoms in total. The van der Waals surface area contributed by atoms with Gasteiger partial charge in [0.15, 0.2) is 18.9 Å². The Kier molecular flexibility index (Phi) is 8.79. The minimum Gasteiger partial charge on any atom is -0.394 e. The summed E-state index contributed by atoms with van der Waals surface area (Å²) in [4.78, 5) is 0. The predicted molar refractivity (Wildman–Crippen MR) is 98.5 cm³/mol. The molecule has 14 heteroatoms. The van der Waals surface area contributed by atoms with Crippen LogP contribution in [0.1, 0.15) is 13.3 Å². The average Bonchev–Trinajstić information content (AvgIpc) is 2.76. The molecule has 0 saturated carbocycles. The number of hydrogen-bond donors (Lipinski definition) is 9.